The summed E-state index contributed by atoms with van der Waals surface area (Å²) in [5.74, 6) is -0.0290. The molecule has 1 aromatic heterocycles. The van der Waals surface area contributed by atoms with Crippen LogP contribution in [0.4, 0.5) is 11.4 Å². The largest absolute Gasteiger partial charge is 0.326 e. The van der Waals surface area contributed by atoms with Crippen molar-refractivity contribution in [3.05, 3.63) is 24.3 Å². The third-order valence-corrected chi connectivity index (χ3v) is 5.39. The molecule has 0 fully saturated rings. The number of rotatable bonds is 6. The Morgan fingerprint density at radius 1 is 1.18 bits per heavy atom. The summed E-state index contributed by atoms with van der Waals surface area (Å²) in [4.78, 5) is 22.9. The molecular weight excluding hydrogens is 340 g/mol. The highest BCUT2D eigenvalue weighted by molar-refractivity contribution is 8.03. The second-order valence-corrected chi connectivity index (χ2v) is 7.39. The van der Waals surface area contributed by atoms with Gasteiger partial charge in [0.1, 0.15) is 0 Å². The molecule has 9 heteroatoms. The zero-order chi connectivity index (χ0) is 15.9. The van der Waals surface area contributed by atoms with Gasteiger partial charge in [-0.3, -0.25) is 9.59 Å². The standard InChI is InChI=1S/C13H14N4O2S3/c1-8(18)14-9-4-3-5-10(6-9)15-11(19)7-21-13-17-16-12(20-2)22-13/h3-6H,7H2,1-2H3,(H,14,18)(H,15,19). The fraction of sp³-hybridized carbons (Fsp3) is 0.231. The Morgan fingerprint density at radius 3 is 2.50 bits per heavy atom. The molecular formula is C13H14N4O2S3. The number of nitrogens with one attached hydrogen (secondary N) is 2. The molecule has 0 spiro atoms. The van der Waals surface area contributed by atoms with Crippen LogP contribution in [0, 0.1) is 0 Å². The van der Waals surface area contributed by atoms with Crippen molar-refractivity contribution in [2.45, 2.75) is 15.6 Å². The number of nitrogens with zero attached hydrogens (tertiary/aromatic N) is 2. The summed E-state index contributed by atoms with van der Waals surface area (Å²) in [6, 6.07) is 7.01. The van der Waals surface area contributed by atoms with Crippen LogP contribution in [-0.2, 0) is 9.59 Å². The van der Waals surface area contributed by atoms with Gasteiger partial charge in [0, 0.05) is 18.3 Å². The molecule has 0 radical (unpaired) electrons. The smallest absolute Gasteiger partial charge is 0.234 e. The predicted octanol–water partition coefficient (Wildman–Crippen LogP) is 2.95. The molecule has 1 aromatic carbocycles. The van der Waals surface area contributed by atoms with Gasteiger partial charge in [0.25, 0.3) is 0 Å². The van der Waals surface area contributed by atoms with E-state index in [9.17, 15) is 9.59 Å². The van der Waals surface area contributed by atoms with Crippen molar-refractivity contribution < 1.29 is 9.59 Å². The lowest BCUT2D eigenvalue weighted by Gasteiger charge is -2.07. The zero-order valence-corrected chi connectivity index (χ0v) is 14.4. The molecule has 0 unspecified atom stereocenters. The van der Waals surface area contributed by atoms with Gasteiger partial charge in [-0.2, -0.15) is 0 Å². The summed E-state index contributed by atoms with van der Waals surface area (Å²) in [7, 11) is 0. The summed E-state index contributed by atoms with van der Waals surface area (Å²) in [5.41, 5.74) is 1.28. The summed E-state index contributed by atoms with van der Waals surface area (Å²) in [5, 5.41) is 13.4. The van der Waals surface area contributed by atoms with Crippen LogP contribution in [0.3, 0.4) is 0 Å². The number of hydrogen-bond acceptors (Lipinski definition) is 7. The number of carbonyl (C=O) groups excluding carboxylic acids is 2. The number of thioether (sulfide) groups is 2. The molecule has 2 N–H and O–H groups in total. The highest BCUT2D eigenvalue weighted by Crippen LogP contribution is 2.27. The van der Waals surface area contributed by atoms with Gasteiger partial charge in [-0.15, -0.1) is 10.2 Å². The van der Waals surface area contributed by atoms with Crippen molar-refractivity contribution in [2.75, 3.05) is 22.6 Å². The van der Waals surface area contributed by atoms with E-state index < -0.39 is 0 Å². The van der Waals surface area contributed by atoms with Crippen LogP contribution in [0.25, 0.3) is 0 Å². The van der Waals surface area contributed by atoms with E-state index in [2.05, 4.69) is 20.8 Å². The Bertz CT molecular complexity index is 675. The molecule has 1 heterocycles. The highest BCUT2D eigenvalue weighted by atomic mass is 32.2. The average molecular weight is 354 g/mol. The van der Waals surface area contributed by atoms with Gasteiger partial charge in [-0.25, -0.2) is 0 Å². The van der Waals surface area contributed by atoms with Crippen molar-refractivity contribution in [3.63, 3.8) is 0 Å². The molecule has 116 valence electrons. The highest BCUT2D eigenvalue weighted by Gasteiger charge is 2.08. The first-order chi connectivity index (χ1) is 10.6. The monoisotopic (exact) mass is 354 g/mol. The van der Waals surface area contributed by atoms with E-state index >= 15 is 0 Å². The average Bonchev–Trinajstić information content (AvgIpc) is 2.93. The van der Waals surface area contributed by atoms with E-state index in [0.717, 1.165) is 8.68 Å². The maximum absolute atomic E-state index is 11.9. The third-order valence-electron chi connectivity index (χ3n) is 2.36. The van der Waals surface area contributed by atoms with Gasteiger partial charge >= 0.3 is 0 Å². The quantitative estimate of drug-likeness (QED) is 0.776. The van der Waals surface area contributed by atoms with Crippen LogP contribution in [0.5, 0.6) is 0 Å². The lowest BCUT2D eigenvalue weighted by atomic mass is 10.2. The van der Waals surface area contributed by atoms with Crippen LogP contribution in [0.2, 0.25) is 0 Å². The molecule has 0 aliphatic heterocycles. The molecule has 6 nitrogen and oxygen atoms in total. The molecule has 0 atom stereocenters. The molecule has 0 bridgehead atoms. The first kappa shape index (κ1) is 16.8. The van der Waals surface area contributed by atoms with Gasteiger partial charge in [0.2, 0.25) is 11.8 Å². The minimum Gasteiger partial charge on any atom is -0.326 e. The SMILES string of the molecule is CSc1nnc(SCC(=O)Nc2cccc(NC(C)=O)c2)s1. The Balaban J connectivity index is 1.87. The van der Waals surface area contributed by atoms with E-state index in [-0.39, 0.29) is 17.6 Å². The summed E-state index contributed by atoms with van der Waals surface area (Å²) in [6.45, 7) is 1.44. The molecule has 0 saturated heterocycles. The molecule has 0 saturated carbocycles. The lowest BCUT2D eigenvalue weighted by molar-refractivity contribution is -0.114. The third kappa shape index (κ3) is 5.32. The number of amides is 2. The lowest BCUT2D eigenvalue weighted by Crippen LogP contribution is -2.14. The van der Waals surface area contributed by atoms with E-state index in [1.807, 2.05) is 6.26 Å². The van der Waals surface area contributed by atoms with Crippen molar-refractivity contribution in [3.8, 4) is 0 Å². The first-order valence-corrected chi connectivity index (χ1v) is 9.27. The van der Waals surface area contributed by atoms with Crippen molar-refractivity contribution >= 4 is 58.0 Å². The van der Waals surface area contributed by atoms with Crippen molar-refractivity contribution in [2.24, 2.45) is 0 Å². The Kier molecular flexibility index (Phi) is 6.22. The second kappa shape index (κ2) is 8.16. The minimum atomic E-state index is -0.153. The normalized spacial score (nSPS) is 10.3. The Morgan fingerprint density at radius 2 is 1.86 bits per heavy atom. The van der Waals surface area contributed by atoms with E-state index in [1.54, 1.807) is 24.3 Å². The number of benzene rings is 1. The minimum absolute atomic E-state index is 0.133. The van der Waals surface area contributed by atoms with Crippen LogP contribution >= 0.6 is 34.9 Å². The Hall–Kier alpha value is -1.58. The molecule has 0 aliphatic carbocycles. The van der Waals surface area contributed by atoms with E-state index in [4.69, 9.17) is 0 Å². The van der Waals surface area contributed by atoms with E-state index in [1.165, 1.54) is 41.8 Å². The number of aromatic nitrogens is 2. The maximum atomic E-state index is 11.9. The second-order valence-electron chi connectivity index (χ2n) is 4.14. The van der Waals surface area contributed by atoms with Gasteiger partial charge < -0.3 is 10.6 Å². The predicted molar refractivity (Wildman–Crippen MR) is 91.8 cm³/mol. The number of hydrogen-bond donors (Lipinski definition) is 2. The summed E-state index contributed by atoms with van der Waals surface area (Å²) >= 11 is 4.34. The molecule has 22 heavy (non-hydrogen) atoms. The summed E-state index contributed by atoms with van der Waals surface area (Å²) in [6.07, 6.45) is 1.93. The van der Waals surface area contributed by atoms with Gasteiger partial charge in [0.15, 0.2) is 8.68 Å². The van der Waals surface area contributed by atoms with Crippen LogP contribution in [0.15, 0.2) is 32.9 Å². The fourth-order valence-corrected chi connectivity index (χ4v) is 3.78. The van der Waals surface area contributed by atoms with Crippen LogP contribution < -0.4 is 10.6 Å². The Labute approximate surface area is 140 Å². The van der Waals surface area contributed by atoms with Gasteiger partial charge in [-0.1, -0.05) is 40.9 Å². The molecule has 2 rings (SSSR count). The van der Waals surface area contributed by atoms with Crippen molar-refractivity contribution in [1.82, 2.24) is 10.2 Å². The van der Waals surface area contributed by atoms with Gasteiger partial charge in [0.05, 0.1) is 5.75 Å². The fourth-order valence-electron chi connectivity index (χ4n) is 1.54. The maximum Gasteiger partial charge on any atom is 0.234 e. The van der Waals surface area contributed by atoms with Crippen molar-refractivity contribution in [1.29, 1.82) is 0 Å². The van der Waals surface area contributed by atoms with Crippen LogP contribution in [0.1, 0.15) is 6.92 Å². The number of anilines is 2. The molecule has 2 amide bonds. The molecule has 0 aliphatic rings. The zero-order valence-electron chi connectivity index (χ0n) is 12.0. The number of carbonyl (C=O) groups is 2. The summed E-state index contributed by atoms with van der Waals surface area (Å²) < 4.78 is 1.65. The van der Waals surface area contributed by atoms with Crippen LogP contribution in [-0.4, -0.2) is 34.0 Å². The first-order valence-electron chi connectivity index (χ1n) is 6.24. The molecule has 2 aromatic rings. The topological polar surface area (TPSA) is 84.0 Å². The van der Waals surface area contributed by atoms with Gasteiger partial charge in [-0.05, 0) is 24.5 Å². The van der Waals surface area contributed by atoms with E-state index in [0.29, 0.717) is 11.4 Å².